The zero-order chi connectivity index (χ0) is 14.0. The summed E-state index contributed by atoms with van der Waals surface area (Å²) >= 11 is 3.33. The van der Waals surface area contributed by atoms with Gasteiger partial charge in [-0.3, -0.25) is 0 Å². The van der Waals surface area contributed by atoms with Crippen LogP contribution in [0.1, 0.15) is 42.4 Å². The zero-order valence-electron chi connectivity index (χ0n) is 11.8. The molecule has 0 radical (unpaired) electrons. The van der Waals surface area contributed by atoms with Crippen LogP contribution in [0.2, 0.25) is 0 Å². The quantitative estimate of drug-likeness (QED) is 0.934. The first-order valence-corrected chi connectivity index (χ1v) is 7.99. The lowest BCUT2D eigenvalue weighted by Gasteiger charge is -2.14. The number of nitrogens with two attached hydrogens (primary N) is 1. The molecule has 0 spiro atoms. The molecule has 2 aromatic rings. The van der Waals surface area contributed by atoms with Crippen LogP contribution in [0.3, 0.4) is 0 Å². The Morgan fingerprint density at radius 3 is 2.68 bits per heavy atom. The van der Waals surface area contributed by atoms with Gasteiger partial charge >= 0.3 is 0 Å². The third-order valence-electron chi connectivity index (χ3n) is 2.93. The Hall–Kier alpha value is -0.910. The highest BCUT2D eigenvalue weighted by Gasteiger charge is 2.20. The summed E-state index contributed by atoms with van der Waals surface area (Å²) < 4.78 is 5.32. The fourth-order valence-electron chi connectivity index (χ4n) is 1.78. The molecule has 2 rings (SSSR count). The van der Waals surface area contributed by atoms with Crippen molar-refractivity contribution in [2.75, 3.05) is 7.11 Å². The number of aromatic nitrogens is 1. The van der Waals surface area contributed by atoms with Gasteiger partial charge < -0.3 is 10.5 Å². The predicted octanol–water partition coefficient (Wildman–Crippen LogP) is 3.75. The van der Waals surface area contributed by atoms with Crippen LogP contribution in [-0.4, -0.2) is 12.1 Å². The molecule has 1 atom stereocenters. The van der Waals surface area contributed by atoms with Gasteiger partial charge in [-0.15, -0.1) is 22.7 Å². The molecule has 2 aromatic heterocycles. The number of rotatable bonds is 4. The molecule has 2 heterocycles. The number of hydrogen-bond donors (Lipinski definition) is 1. The maximum atomic E-state index is 6.26. The lowest BCUT2D eigenvalue weighted by Crippen LogP contribution is -2.14. The van der Waals surface area contributed by atoms with Crippen LogP contribution in [0.5, 0.6) is 5.75 Å². The van der Waals surface area contributed by atoms with E-state index >= 15 is 0 Å². The van der Waals surface area contributed by atoms with Gasteiger partial charge in [0.05, 0.1) is 22.7 Å². The number of methoxy groups -OCH3 is 1. The van der Waals surface area contributed by atoms with E-state index in [1.807, 2.05) is 11.4 Å². The number of thiophene rings is 1. The van der Waals surface area contributed by atoms with Gasteiger partial charge in [0.25, 0.3) is 0 Å². The first kappa shape index (κ1) is 14.5. The zero-order valence-corrected chi connectivity index (χ0v) is 13.4. The first-order valence-electron chi connectivity index (χ1n) is 6.23. The maximum absolute atomic E-state index is 6.26. The average molecular weight is 296 g/mol. The molecule has 104 valence electrons. The summed E-state index contributed by atoms with van der Waals surface area (Å²) in [5.74, 6) is 0.880. The standard InChI is InChI=1S/C14H20N2OS2/c1-14(2,3)11-8-19-12(16-11)7-9(15)13-10(17-4)5-6-18-13/h5-6,8-9H,7,15H2,1-4H3. The molecule has 0 aliphatic carbocycles. The topological polar surface area (TPSA) is 48.1 Å². The second-order valence-electron chi connectivity index (χ2n) is 5.54. The largest absolute Gasteiger partial charge is 0.496 e. The van der Waals surface area contributed by atoms with E-state index < -0.39 is 0 Å². The smallest absolute Gasteiger partial charge is 0.134 e. The van der Waals surface area contributed by atoms with Gasteiger partial charge in [0.1, 0.15) is 5.75 Å². The molecule has 19 heavy (non-hydrogen) atoms. The van der Waals surface area contributed by atoms with Crippen molar-refractivity contribution >= 4 is 22.7 Å². The molecule has 0 bridgehead atoms. The molecule has 0 saturated heterocycles. The monoisotopic (exact) mass is 296 g/mol. The lowest BCUT2D eigenvalue weighted by atomic mass is 9.93. The molecule has 3 nitrogen and oxygen atoms in total. The Morgan fingerprint density at radius 2 is 2.11 bits per heavy atom. The Balaban J connectivity index is 2.11. The van der Waals surface area contributed by atoms with Gasteiger partial charge in [-0.2, -0.15) is 0 Å². The molecule has 0 saturated carbocycles. The van der Waals surface area contributed by atoms with Crippen molar-refractivity contribution in [3.05, 3.63) is 32.4 Å². The molecule has 5 heteroatoms. The van der Waals surface area contributed by atoms with Crippen LogP contribution < -0.4 is 10.5 Å². The van der Waals surface area contributed by atoms with Crippen molar-refractivity contribution in [3.8, 4) is 5.75 Å². The van der Waals surface area contributed by atoms with Crippen molar-refractivity contribution in [3.63, 3.8) is 0 Å². The van der Waals surface area contributed by atoms with Gasteiger partial charge in [0.15, 0.2) is 0 Å². The molecule has 0 amide bonds. The number of hydrogen-bond acceptors (Lipinski definition) is 5. The summed E-state index contributed by atoms with van der Waals surface area (Å²) in [4.78, 5) is 5.78. The van der Waals surface area contributed by atoms with Crippen LogP contribution in [-0.2, 0) is 11.8 Å². The molecule has 0 aliphatic rings. The van der Waals surface area contributed by atoms with E-state index in [1.54, 1.807) is 29.8 Å². The van der Waals surface area contributed by atoms with Crippen molar-refractivity contribution < 1.29 is 4.74 Å². The molecule has 1 unspecified atom stereocenters. The Morgan fingerprint density at radius 1 is 1.37 bits per heavy atom. The van der Waals surface area contributed by atoms with E-state index in [0.717, 1.165) is 27.7 Å². The molecule has 0 aliphatic heterocycles. The minimum Gasteiger partial charge on any atom is -0.496 e. The second-order valence-corrected chi connectivity index (χ2v) is 7.43. The van der Waals surface area contributed by atoms with E-state index in [9.17, 15) is 0 Å². The molecule has 0 aromatic carbocycles. The fourth-order valence-corrected chi connectivity index (χ4v) is 3.72. The van der Waals surface area contributed by atoms with E-state index in [2.05, 4.69) is 31.1 Å². The number of ether oxygens (including phenoxy) is 1. The lowest BCUT2D eigenvalue weighted by molar-refractivity contribution is 0.408. The second kappa shape index (κ2) is 5.61. The van der Waals surface area contributed by atoms with E-state index in [-0.39, 0.29) is 11.5 Å². The summed E-state index contributed by atoms with van der Waals surface area (Å²) in [5.41, 5.74) is 7.50. The van der Waals surface area contributed by atoms with Crippen LogP contribution in [0.4, 0.5) is 0 Å². The van der Waals surface area contributed by atoms with Gasteiger partial charge in [0, 0.05) is 23.3 Å². The van der Waals surface area contributed by atoms with Gasteiger partial charge in [-0.1, -0.05) is 20.8 Å². The fraction of sp³-hybridized carbons (Fsp3) is 0.500. The van der Waals surface area contributed by atoms with Gasteiger partial charge in [-0.05, 0) is 11.4 Å². The van der Waals surface area contributed by atoms with E-state index in [1.165, 1.54) is 0 Å². The van der Waals surface area contributed by atoms with Crippen LogP contribution in [0.15, 0.2) is 16.8 Å². The average Bonchev–Trinajstić information content (AvgIpc) is 2.95. The van der Waals surface area contributed by atoms with Gasteiger partial charge in [-0.25, -0.2) is 4.98 Å². The molecule has 0 fully saturated rings. The molecular weight excluding hydrogens is 276 g/mol. The molecular formula is C14H20N2OS2. The van der Waals surface area contributed by atoms with Crippen LogP contribution >= 0.6 is 22.7 Å². The molecule has 2 N–H and O–H groups in total. The summed E-state index contributed by atoms with van der Waals surface area (Å²) in [6.07, 6.45) is 0.762. The highest BCUT2D eigenvalue weighted by molar-refractivity contribution is 7.10. The third-order valence-corrected chi connectivity index (χ3v) is 4.83. The van der Waals surface area contributed by atoms with Crippen molar-refractivity contribution in [2.45, 2.75) is 38.6 Å². The summed E-state index contributed by atoms with van der Waals surface area (Å²) in [6, 6.07) is 1.91. The predicted molar refractivity (Wildman–Crippen MR) is 82.3 cm³/mol. The van der Waals surface area contributed by atoms with Crippen molar-refractivity contribution in [1.82, 2.24) is 4.98 Å². The Bertz CT molecular complexity index is 540. The number of nitrogens with zero attached hydrogens (tertiary/aromatic N) is 1. The van der Waals surface area contributed by atoms with Gasteiger partial charge in [0.2, 0.25) is 0 Å². The third kappa shape index (κ3) is 3.35. The van der Waals surface area contributed by atoms with Crippen molar-refractivity contribution in [1.29, 1.82) is 0 Å². The first-order chi connectivity index (χ1) is 8.91. The SMILES string of the molecule is COc1ccsc1C(N)Cc1nc(C(C)(C)C)cs1. The maximum Gasteiger partial charge on any atom is 0.134 e. The Kier molecular flexibility index (Phi) is 4.28. The summed E-state index contributed by atoms with van der Waals surface area (Å²) in [5, 5.41) is 5.23. The van der Waals surface area contributed by atoms with Crippen LogP contribution in [0, 0.1) is 0 Å². The minimum absolute atomic E-state index is 0.0473. The Labute approximate surface area is 122 Å². The highest BCUT2D eigenvalue weighted by atomic mass is 32.1. The normalized spacial score (nSPS) is 13.5. The van der Waals surface area contributed by atoms with Crippen LogP contribution in [0.25, 0.3) is 0 Å². The van der Waals surface area contributed by atoms with Crippen molar-refractivity contribution in [2.24, 2.45) is 5.73 Å². The van der Waals surface area contributed by atoms with E-state index in [0.29, 0.717) is 0 Å². The highest BCUT2D eigenvalue weighted by Crippen LogP contribution is 2.32. The number of thiazole rings is 1. The summed E-state index contributed by atoms with van der Waals surface area (Å²) in [7, 11) is 1.68. The summed E-state index contributed by atoms with van der Waals surface area (Å²) in [6.45, 7) is 6.52. The minimum atomic E-state index is -0.0473. The van der Waals surface area contributed by atoms with E-state index in [4.69, 9.17) is 10.5 Å².